The molecule has 0 unspecified atom stereocenters. The number of rotatable bonds is 4. The van der Waals surface area contributed by atoms with Gasteiger partial charge in [-0.05, 0) is 42.8 Å². The van der Waals surface area contributed by atoms with Crippen molar-refractivity contribution in [2.75, 3.05) is 17.2 Å². The van der Waals surface area contributed by atoms with Crippen molar-refractivity contribution < 1.29 is 4.79 Å². The van der Waals surface area contributed by atoms with Gasteiger partial charge in [-0.2, -0.15) is 0 Å². The molecule has 0 aliphatic carbocycles. The molecule has 0 aliphatic heterocycles. The number of benzene rings is 2. The number of anilines is 2. The van der Waals surface area contributed by atoms with Crippen LogP contribution in [0.4, 0.5) is 11.4 Å². The van der Waals surface area contributed by atoms with Crippen LogP contribution in [0.3, 0.4) is 0 Å². The zero-order chi connectivity index (χ0) is 14.5. The van der Waals surface area contributed by atoms with Crippen molar-refractivity contribution in [2.45, 2.75) is 6.92 Å². The van der Waals surface area contributed by atoms with Crippen molar-refractivity contribution in [1.82, 2.24) is 0 Å². The Morgan fingerprint density at radius 1 is 1.10 bits per heavy atom. The number of carbonyl (C=O) groups excluding carboxylic acids is 1. The summed E-state index contributed by atoms with van der Waals surface area (Å²) in [6, 6.07) is 12.5. The number of para-hydroxylation sites is 1. The van der Waals surface area contributed by atoms with E-state index in [9.17, 15) is 4.79 Å². The molecule has 2 aromatic rings. The second-order valence-corrected chi connectivity index (χ2v) is 5.18. The summed E-state index contributed by atoms with van der Waals surface area (Å²) in [5.41, 5.74) is 2.48. The van der Waals surface area contributed by atoms with Gasteiger partial charge < -0.3 is 10.6 Å². The minimum atomic E-state index is -0.147. The van der Waals surface area contributed by atoms with E-state index in [2.05, 4.69) is 10.6 Å². The average molecular weight is 309 g/mol. The molecule has 3 nitrogen and oxygen atoms in total. The van der Waals surface area contributed by atoms with Crippen molar-refractivity contribution in [3.63, 3.8) is 0 Å². The van der Waals surface area contributed by atoms with Gasteiger partial charge in [0.1, 0.15) is 0 Å². The summed E-state index contributed by atoms with van der Waals surface area (Å²) in [7, 11) is 0. The van der Waals surface area contributed by atoms with Gasteiger partial charge in [-0.3, -0.25) is 4.79 Å². The summed E-state index contributed by atoms with van der Waals surface area (Å²) in [5.74, 6) is -0.147. The first-order valence-electron chi connectivity index (χ1n) is 6.10. The molecule has 2 aromatic carbocycles. The van der Waals surface area contributed by atoms with E-state index in [1.165, 1.54) is 0 Å². The largest absolute Gasteiger partial charge is 0.375 e. The Balaban J connectivity index is 1.94. The van der Waals surface area contributed by atoms with Gasteiger partial charge in [-0.1, -0.05) is 35.3 Å². The van der Waals surface area contributed by atoms with Crippen LogP contribution >= 0.6 is 23.2 Å². The molecule has 0 saturated heterocycles. The smallest absolute Gasteiger partial charge is 0.243 e. The highest BCUT2D eigenvalue weighted by Gasteiger charge is 2.06. The minimum Gasteiger partial charge on any atom is -0.375 e. The Morgan fingerprint density at radius 2 is 1.80 bits per heavy atom. The fraction of sp³-hybridized carbons (Fsp3) is 0.133. The molecule has 0 aliphatic rings. The van der Waals surface area contributed by atoms with E-state index in [4.69, 9.17) is 23.2 Å². The molecule has 1 amide bonds. The molecule has 20 heavy (non-hydrogen) atoms. The zero-order valence-electron chi connectivity index (χ0n) is 10.9. The fourth-order valence-corrected chi connectivity index (χ4v) is 2.18. The molecule has 0 heterocycles. The molecule has 2 rings (SSSR count). The van der Waals surface area contributed by atoms with Crippen LogP contribution in [0, 0.1) is 6.92 Å². The zero-order valence-corrected chi connectivity index (χ0v) is 12.4. The fourth-order valence-electron chi connectivity index (χ4n) is 1.76. The van der Waals surface area contributed by atoms with E-state index in [0.29, 0.717) is 15.7 Å². The lowest BCUT2D eigenvalue weighted by molar-refractivity contribution is -0.114. The molecule has 0 spiro atoms. The lowest BCUT2D eigenvalue weighted by Crippen LogP contribution is -2.22. The number of amides is 1. The normalized spacial score (nSPS) is 10.2. The van der Waals surface area contributed by atoms with E-state index in [1.807, 2.05) is 19.1 Å². The second kappa shape index (κ2) is 6.64. The third-order valence-corrected chi connectivity index (χ3v) is 3.34. The van der Waals surface area contributed by atoms with Crippen LogP contribution in [0.25, 0.3) is 0 Å². The molecule has 0 saturated carbocycles. The molecule has 0 atom stereocenters. The van der Waals surface area contributed by atoms with E-state index in [1.54, 1.807) is 30.3 Å². The lowest BCUT2D eigenvalue weighted by atomic mass is 10.2. The van der Waals surface area contributed by atoms with Crippen molar-refractivity contribution in [2.24, 2.45) is 0 Å². The highest BCUT2D eigenvalue weighted by atomic mass is 35.5. The standard InChI is InChI=1S/C15H14Cl2N2O/c1-10-3-2-4-13(17)15(10)18-9-14(20)19-12-7-5-11(16)6-8-12/h2-8,18H,9H2,1H3,(H,19,20). The van der Waals surface area contributed by atoms with Crippen LogP contribution < -0.4 is 10.6 Å². The first kappa shape index (κ1) is 14.7. The summed E-state index contributed by atoms with van der Waals surface area (Å²) in [6.07, 6.45) is 0. The summed E-state index contributed by atoms with van der Waals surface area (Å²) < 4.78 is 0. The van der Waals surface area contributed by atoms with Crippen LogP contribution in [-0.4, -0.2) is 12.5 Å². The van der Waals surface area contributed by atoms with Crippen molar-refractivity contribution in [3.8, 4) is 0 Å². The van der Waals surface area contributed by atoms with Gasteiger partial charge in [0.15, 0.2) is 0 Å². The molecule has 0 aromatic heterocycles. The average Bonchev–Trinajstić information content (AvgIpc) is 2.41. The van der Waals surface area contributed by atoms with E-state index in [-0.39, 0.29) is 12.5 Å². The van der Waals surface area contributed by atoms with Crippen molar-refractivity contribution >= 4 is 40.5 Å². The maximum absolute atomic E-state index is 11.8. The Labute approximate surface area is 127 Å². The molecule has 2 N–H and O–H groups in total. The number of halogens is 2. The number of hydrogen-bond acceptors (Lipinski definition) is 2. The van der Waals surface area contributed by atoms with Gasteiger partial charge in [0.05, 0.1) is 17.3 Å². The summed E-state index contributed by atoms with van der Waals surface area (Å²) in [6.45, 7) is 2.08. The third-order valence-electron chi connectivity index (χ3n) is 2.78. The van der Waals surface area contributed by atoms with Gasteiger partial charge in [-0.25, -0.2) is 0 Å². The molecule has 104 valence electrons. The Kier molecular flexibility index (Phi) is 4.88. The van der Waals surface area contributed by atoms with Crippen LogP contribution in [0.1, 0.15) is 5.56 Å². The number of aryl methyl sites for hydroxylation is 1. The highest BCUT2D eigenvalue weighted by Crippen LogP contribution is 2.24. The van der Waals surface area contributed by atoms with Gasteiger partial charge in [0.25, 0.3) is 0 Å². The Bertz CT molecular complexity index is 592. The van der Waals surface area contributed by atoms with Crippen molar-refractivity contribution in [3.05, 3.63) is 58.1 Å². The van der Waals surface area contributed by atoms with Gasteiger partial charge in [-0.15, -0.1) is 0 Å². The lowest BCUT2D eigenvalue weighted by Gasteiger charge is -2.11. The Morgan fingerprint density at radius 3 is 2.45 bits per heavy atom. The first-order valence-corrected chi connectivity index (χ1v) is 6.86. The van der Waals surface area contributed by atoms with Crippen molar-refractivity contribution in [1.29, 1.82) is 0 Å². The molecular weight excluding hydrogens is 295 g/mol. The SMILES string of the molecule is Cc1cccc(Cl)c1NCC(=O)Nc1ccc(Cl)cc1. The maximum Gasteiger partial charge on any atom is 0.243 e. The topological polar surface area (TPSA) is 41.1 Å². The van der Waals surface area contributed by atoms with E-state index >= 15 is 0 Å². The molecule has 5 heteroatoms. The second-order valence-electron chi connectivity index (χ2n) is 4.34. The molecular formula is C15H14Cl2N2O. The highest BCUT2D eigenvalue weighted by molar-refractivity contribution is 6.33. The predicted octanol–water partition coefficient (Wildman–Crippen LogP) is 4.35. The van der Waals surface area contributed by atoms with Gasteiger partial charge in [0, 0.05) is 10.7 Å². The van der Waals surface area contributed by atoms with E-state index in [0.717, 1.165) is 11.3 Å². The van der Waals surface area contributed by atoms with Crippen LogP contribution in [0.15, 0.2) is 42.5 Å². The van der Waals surface area contributed by atoms with Crippen LogP contribution in [-0.2, 0) is 4.79 Å². The summed E-state index contributed by atoms with van der Waals surface area (Å²) >= 11 is 11.9. The Hall–Kier alpha value is -1.71. The van der Waals surface area contributed by atoms with Crippen LogP contribution in [0.2, 0.25) is 10.0 Å². The number of carbonyl (C=O) groups is 1. The predicted molar refractivity (Wildman–Crippen MR) is 84.8 cm³/mol. The third kappa shape index (κ3) is 3.89. The van der Waals surface area contributed by atoms with E-state index < -0.39 is 0 Å². The van der Waals surface area contributed by atoms with Gasteiger partial charge in [0.2, 0.25) is 5.91 Å². The number of nitrogens with one attached hydrogen (secondary N) is 2. The molecule has 0 radical (unpaired) electrons. The molecule has 0 bridgehead atoms. The number of hydrogen-bond donors (Lipinski definition) is 2. The first-order chi connectivity index (χ1) is 9.56. The quantitative estimate of drug-likeness (QED) is 0.881. The van der Waals surface area contributed by atoms with Crippen LogP contribution in [0.5, 0.6) is 0 Å². The monoisotopic (exact) mass is 308 g/mol. The molecule has 0 fully saturated rings. The minimum absolute atomic E-state index is 0.146. The van der Waals surface area contributed by atoms with Gasteiger partial charge >= 0.3 is 0 Å². The summed E-state index contributed by atoms with van der Waals surface area (Å²) in [5, 5.41) is 7.05. The summed E-state index contributed by atoms with van der Waals surface area (Å²) in [4.78, 5) is 11.8. The maximum atomic E-state index is 11.8.